The average molecular weight is 54.1 g/mol. The van der Waals surface area contributed by atoms with Crippen molar-refractivity contribution in [2.45, 2.75) is 0 Å². The second-order valence-corrected chi connectivity index (χ2v) is 0.321. The maximum Gasteiger partial charge on any atom is 0.0217 e. The van der Waals surface area contributed by atoms with E-state index in [4.69, 9.17) is 0 Å². The van der Waals surface area contributed by atoms with E-state index < -0.39 is 0 Å². The minimum atomic E-state index is 2.07. The molecule has 0 aliphatic carbocycles. The molecule has 0 aromatic carbocycles. The van der Waals surface area contributed by atoms with Gasteiger partial charge in [-0.2, -0.15) is 0 Å². The van der Waals surface area contributed by atoms with E-state index in [-0.39, 0.29) is 0 Å². The number of hydrogen-bond acceptors (Lipinski definition) is 1. The fourth-order valence-electron chi connectivity index (χ4n) is 0. The van der Waals surface area contributed by atoms with Gasteiger partial charge in [-0.25, -0.2) is 0 Å². The molecule has 1 heteroatoms. The highest BCUT2D eigenvalue weighted by Gasteiger charge is 1.26. The minimum absolute atomic E-state index is 2.07. The Hall–Kier alpha value is -0.640. The molecule has 0 fully saturated rings. The number of nitrogens with two attached hydrogens (primary N) is 1. The van der Waals surface area contributed by atoms with Gasteiger partial charge in [-0.15, -0.1) is 0 Å². The molecule has 0 spiro atoms. The summed E-state index contributed by atoms with van der Waals surface area (Å²) in [5.41, 5.74) is 4.60. The fraction of sp³-hybridized carbons (Fsp3) is 0. The molecule has 1 radical (unpaired) electrons. The summed E-state index contributed by atoms with van der Waals surface area (Å²) in [7, 11) is 0. The highest BCUT2D eigenvalue weighted by Crippen LogP contribution is 1.26. The van der Waals surface area contributed by atoms with Crippen LogP contribution in [-0.2, 0) is 0 Å². The van der Waals surface area contributed by atoms with Crippen molar-refractivity contribution in [3.05, 3.63) is 6.92 Å². The first kappa shape index (κ1) is 3.36. The molecule has 0 rings (SSSR count). The molecule has 1 nitrogen and oxygen atoms in total. The van der Waals surface area contributed by atoms with Crippen molar-refractivity contribution in [3.63, 3.8) is 0 Å². The molecule has 0 unspecified atom stereocenters. The SMILES string of the molecule is [CH2]C#CN. The highest BCUT2D eigenvalue weighted by atomic mass is 14.4. The maximum atomic E-state index is 4.60. The zero-order valence-electron chi connectivity index (χ0n) is 2.28. The highest BCUT2D eigenvalue weighted by molar-refractivity contribution is 4.95. The second kappa shape index (κ2) is 2.36. The molecule has 0 saturated carbocycles. The van der Waals surface area contributed by atoms with Gasteiger partial charge in [0.15, 0.2) is 0 Å². The third kappa shape index (κ3) is 1.36. The molecule has 4 heavy (non-hydrogen) atoms. The van der Waals surface area contributed by atoms with Crippen LogP contribution in [0.2, 0.25) is 0 Å². The van der Waals surface area contributed by atoms with Gasteiger partial charge in [0.25, 0.3) is 0 Å². The Morgan fingerprint density at radius 1 is 1.75 bits per heavy atom. The zero-order chi connectivity index (χ0) is 3.41. The van der Waals surface area contributed by atoms with Gasteiger partial charge in [-0.1, -0.05) is 5.92 Å². The largest absolute Gasteiger partial charge is 0.359 e. The first-order valence-electron chi connectivity index (χ1n) is 0.892. The Kier molecular flexibility index (Phi) is 1.98. The molecule has 0 aliphatic rings. The van der Waals surface area contributed by atoms with Gasteiger partial charge in [0.2, 0.25) is 0 Å². The molecule has 0 saturated heterocycles. The average Bonchev–Trinajstić information content (AvgIpc) is 1.37. The van der Waals surface area contributed by atoms with E-state index in [0.29, 0.717) is 0 Å². The van der Waals surface area contributed by atoms with Crippen LogP contribution in [-0.4, -0.2) is 0 Å². The van der Waals surface area contributed by atoms with Crippen molar-refractivity contribution in [1.29, 1.82) is 0 Å². The van der Waals surface area contributed by atoms with E-state index in [1.165, 1.54) is 0 Å². The normalized spacial score (nSPS) is 3.25. The lowest BCUT2D eigenvalue weighted by Crippen LogP contribution is -1.72. The monoisotopic (exact) mass is 54.0 g/mol. The Morgan fingerprint density at radius 2 is 2.00 bits per heavy atom. The van der Waals surface area contributed by atoms with Crippen LogP contribution in [0.15, 0.2) is 0 Å². The molecular weight excluding hydrogens is 50.0 g/mol. The summed E-state index contributed by atoms with van der Waals surface area (Å²) in [5, 5.41) is 0. The van der Waals surface area contributed by atoms with E-state index in [9.17, 15) is 0 Å². The topological polar surface area (TPSA) is 26.0 Å². The smallest absolute Gasteiger partial charge is 0.0217 e. The lowest BCUT2D eigenvalue weighted by Gasteiger charge is -1.43. The van der Waals surface area contributed by atoms with Crippen LogP contribution >= 0.6 is 0 Å². The summed E-state index contributed by atoms with van der Waals surface area (Å²) in [5.74, 6) is 2.21. The quantitative estimate of drug-likeness (QED) is 0.299. The Morgan fingerprint density at radius 3 is 2.00 bits per heavy atom. The molecule has 2 N–H and O–H groups in total. The molecule has 0 bridgehead atoms. The van der Waals surface area contributed by atoms with Crippen molar-refractivity contribution in [2.75, 3.05) is 0 Å². The Balaban J connectivity index is 2.83. The van der Waals surface area contributed by atoms with Crippen LogP contribution in [0.5, 0.6) is 0 Å². The van der Waals surface area contributed by atoms with E-state index in [1.807, 2.05) is 0 Å². The van der Waals surface area contributed by atoms with Gasteiger partial charge in [0.1, 0.15) is 0 Å². The molecule has 0 amide bonds. The number of hydrogen-bond donors (Lipinski definition) is 1. The van der Waals surface area contributed by atoms with Gasteiger partial charge >= 0.3 is 0 Å². The molecule has 0 aromatic rings. The van der Waals surface area contributed by atoms with Gasteiger partial charge in [0, 0.05) is 13.0 Å². The molecular formula is C3H4N. The summed E-state index contributed by atoms with van der Waals surface area (Å²) in [4.78, 5) is 0. The van der Waals surface area contributed by atoms with Crippen molar-refractivity contribution >= 4 is 0 Å². The molecule has 0 heterocycles. The Labute approximate surface area is 25.8 Å². The predicted octanol–water partition coefficient (Wildman–Crippen LogP) is -0.260. The van der Waals surface area contributed by atoms with Crippen molar-refractivity contribution in [1.82, 2.24) is 0 Å². The first-order chi connectivity index (χ1) is 1.91. The summed E-state index contributed by atoms with van der Waals surface area (Å²) < 4.78 is 0. The lowest BCUT2D eigenvalue weighted by atomic mass is 10.8. The number of rotatable bonds is 0. The summed E-state index contributed by atoms with van der Waals surface area (Å²) in [6.45, 7) is 3.12. The van der Waals surface area contributed by atoms with Gasteiger partial charge < -0.3 is 5.73 Å². The second-order valence-electron chi connectivity index (χ2n) is 0.321. The molecule has 0 aromatic heterocycles. The van der Waals surface area contributed by atoms with E-state index >= 15 is 0 Å². The molecule has 21 valence electrons. The fourth-order valence-corrected chi connectivity index (χ4v) is 0. The van der Waals surface area contributed by atoms with Crippen LogP contribution in [0, 0.1) is 18.9 Å². The van der Waals surface area contributed by atoms with E-state index in [2.05, 4.69) is 24.6 Å². The Bertz CT molecular complexity index is 40.0. The van der Waals surface area contributed by atoms with Crippen LogP contribution in [0.25, 0.3) is 0 Å². The van der Waals surface area contributed by atoms with Crippen molar-refractivity contribution in [3.8, 4) is 12.0 Å². The van der Waals surface area contributed by atoms with Gasteiger partial charge in [0.05, 0.1) is 0 Å². The van der Waals surface area contributed by atoms with E-state index in [0.717, 1.165) is 0 Å². The van der Waals surface area contributed by atoms with E-state index in [1.54, 1.807) is 0 Å². The van der Waals surface area contributed by atoms with Gasteiger partial charge in [-0.3, -0.25) is 0 Å². The summed E-state index contributed by atoms with van der Waals surface area (Å²) >= 11 is 0. The first-order valence-corrected chi connectivity index (χ1v) is 0.892. The van der Waals surface area contributed by atoms with Crippen LogP contribution in [0.3, 0.4) is 0 Å². The minimum Gasteiger partial charge on any atom is -0.359 e. The molecule has 0 aliphatic heterocycles. The van der Waals surface area contributed by atoms with Crippen LogP contribution in [0.4, 0.5) is 0 Å². The molecule has 0 atom stereocenters. The summed E-state index contributed by atoms with van der Waals surface area (Å²) in [6, 6.07) is 2.07. The lowest BCUT2D eigenvalue weighted by molar-refractivity contribution is 1.74. The third-order valence-corrected chi connectivity index (χ3v) is 0.102. The van der Waals surface area contributed by atoms with Crippen LogP contribution in [0.1, 0.15) is 0 Å². The van der Waals surface area contributed by atoms with Gasteiger partial charge in [-0.05, 0) is 0 Å². The van der Waals surface area contributed by atoms with Crippen LogP contribution < -0.4 is 5.73 Å². The summed E-state index contributed by atoms with van der Waals surface area (Å²) in [6.07, 6.45) is 0. The third-order valence-electron chi connectivity index (χ3n) is 0.102. The maximum absolute atomic E-state index is 4.60. The standard InChI is InChI=1S/C3H4N/c1-2-3-4/h1,4H2. The van der Waals surface area contributed by atoms with Crippen molar-refractivity contribution in [2.24, 2.45) is 5.73 Å². The predicted molar refractivity (Wildman–Crippen MR) is 17.3 cm³/mol. The zero-order valence-corrected chi connectivity index (χ0v) is 2.28. The van der Waals surface area contributed by atoms with Crippen molar-refractivity contribution < 1.29 is 0 Å².